The average molecular weight is 202 g/mol. The van der Waals surface area contributed by atoms with Crippen molar-refractivity contribution in [3.8, 4) is 0 Å². The maximum Gasteiger partial charge on any atom is 0.0604 e. The molecule has 1 aromatic rings. The molecule has 0 amide bonds. The van der Waals surface area contributed by atoms with Crippen LogP contribution in [0.3, 0.4) is 0 Å². The van der Waals surface area contributed by atoms with Crippen molar-refractivity contribution < 1.29 is 0 Å². The second kappa shape index (κ2) is 3.44. The number of rotatable bonds is 2. The summed E-state index contributed by atoms with van der Waals surface area (Å²) in [7, 11) is 2.19. The first-order chi connectivity index (χ1) is 7.34. The molecule has 1 aliphatic carbocycles. The zero-order valence-electron chi connectivity index (χ0n) is 9.32. The summed E-state index contributed by atoms with van der Waals surface area (Å²) in [5.41, 5.74) is 2.82. The van der Waals surface area contributed by atoms with Gasteiger partial charge in [-0.1, -0.05) is 12.1 Å². The molecule has 2 aliphatic rings. The average Bonchev–Trinajstić information content (AvgIpc) is 3.07. The topological polar surface area (TPSA) is 6.48 Å². The van der Waals surface area contributed by atoms with Crippen molar-refractivity contribution in [2.45, 2.75) is 12.8 Å². The number of benzene rings is 1. The molecule has 1 fully saturated rings. The Morgan fingerprint density at radius 2 is 1.87 bits per heavy atom. The molecule has 0 spiro atoms. The summed E-state index contributed by atoms with van der Waals surface area (Å²) in [6.07, 6.45) is 2.88. The van der Waals surface area contributed by atoms with Crippen molar-refractivity contribution >= 4 is 11.4 Å². The van der Waals surface area contributed by atoms with Crippen molar-refractivity contribution in [3.05, 3.63) is 24.3 Å². The van der Waals surface area contributed by atoms with E-state index in [9.17, 15) is 0 Å². The third-order valence-corrected chi connectivity index (χ3v) is 3.51. The zero-order chi connectivity index (χ0) is 10.3. The van der Waals surface area contributed by atoms with E-state index in [1.165, 1.54) is 37.3 Å². The molecule has 1 aliphatic heterocycles. The first-order valence-corrected chi connectivity index (χ1v) is 5.90. The molecule has 0 unspecified atom stereocenters. The van der Waals surface area contributed by atoms with E-state index in [-0.39, 0.29) is 0 Å². The van der Waals surface area contributed by atoms with Gasteiger partial charge >= 0.3 is 0 Å². The van der Waals surface area contributed by atoms with Gasteiger partial charge in [-0.3, -0.25) is 0 Å². The van der Waals surface area contributed by atoms with Gasteiger partial charge in [0.1, 0.15) is 0 Å². The third kappa shape index (κ3) is 1.69. The van der Waals surface area contributed by atoms with Crippen LogP contribution in [0.1, 0.15) is 12.8 Å². The monoisotopic (exact) mass is 202 g/mol. The van der Waals surface area contributed by atoms with Crippen molar-refractivity contribution in [2.75, 3.05) is 36.5 Å². The normalized spacial score (nSPS) is 20.3. The molecule has 1 aromatic carbocycles. The van der Waals surface area contributed by atoms with Gasteiger partial charge in [0.25, 0.3) is 0 Å². The van der Waals surface area contributed by atoms with E-state index in [2.05, 4.69) is 41.1 Å². The largest absolute Gasteiger partial charge is 0.371 e. The Kier molecular flexibility index (Phi) is 2.08. The highest BCUT2D eigenvalue weighted by Crippen LogP contribution is 2.36. The minimum Gasteiger partial charge on any atom is -0.371 e. The molecule has 0 N–H and O–H groups in total. The zero-order valence-corrected chi connectivity index (χ0v) is 9.32. The lowest BCUT2D eigenvalue weighted by Gasteiger charge is -2.37. The first kappa shape index (κ1) is 9.08. The van der Waals surface area contributed by atoms with Crippen LogP contribution in [0.25, 0.3) is 0 Å². The Labute approximate surface area is 91.5 Å². The van der Waals surface area contributed by atoms with E-state index in [4.69, 9.17) is 0 Å². The quantitative estimate of drug-likeness (QED) is 0.726. The number of nitrogens with zero attached hydrogens (tertiary/aromatic N) is 2. The Hall–Kier alpha value is -1.18. The highest BCUT2D eigenvalue weighted by atomic mass is 15.3. The molecule has 0 aromatic heterocycles. The molecule has 3 rings (SSSR count). The van der Waals surface area contributed by atoms with Crippen LogP contribution in [0.15, 0.2) is 24.3 Å². The molecule has 0 bridgehead atoms. The van der Waals surface area contributed by atoms with Gasteiger partial charge in [0.15, 0.2) is 0 Å². The fraction of sp³-hybridized carbons (Fsp3) is 0.538. The fourth-order valence-electron chi connectivity index (χ4n) is 2.37. The summed E-state index contributed by atoms with van der Waals surface area (Å²) in [4.78, 5) is 4.92. The minimum atomic E-state index is 0.974. The van der Waals surface area contributed by atoms with Crippen LogP contribution < -0.4 is 9.80 Å². The number of hydrogen-bond donors (Lipinski definition) is 0. The SMILES string of the molecule is CN1CCN(CC2CC2)c2ccccc21. The molecule has 15 heavy (non-hydrogen) atoms. The Balaban J connectivity index is 1.89. The van der Waals surface area contributed by atoms with E-state index in [1.54, 1.807) is 0 Å². The smallest absolute Gasteiger partial charge is 0.0604 e. The molecule has 2 nitrogen and oxygen atoms in total. The van der Waals surface area contributed by atoms with E-state index >= 15 is 0 Å². The van der Waals surface area contributed by atoms with Crippen molar-refractivity contribution in [3.63, 3.8) is 0 Å². The molecule has 2 heteroatoms. The Morgan fingerprint density at radius 1 is 1.13 bits per heavy atom. The van der Waals surface area contributed by atoms with E-state index in [0.717, 1.165) is 12.5 Å². The lowest BCUT2D eigenvalue weighted by Crippen LogP contribution is -2.40. The van der Waals surface area contributed by atoms with E-state index in [0.29, 0.717) is 0 Å². The molecular formula is C13H18N2. The van der Waals surface area contributed by atoms with E-state index in [1.807, 2.05) is 0 Å². The molecule has 0 atom stereocenters. The van der Waals surface area contributed by atoms with Crippen molar-refractivity contribution in [2.24, 2.45) is 5.92 Å². The maximum atomic E-state index is 2.56. The predicted molar refractivity (Wildman–Crippen MR) is 64.6 cm³/mol. The highest BCUT2D eigenvalue weighted by Gasteiger charge is 2.27. The summed E-state index contributed by atoms with van der Waals surface area (Å²) >= 11 is 0. The predicted octanol–water partition coefficient (Wildman–Crippen LogP) is 2.35. The summed E-state index contributed by atoms with van der Waals surface area (Å²) in [6, 6.07) is 8.77. The van der Waals surface area contributed by atoms with Gasteiger partial charge in [0.05, 0.1) is 11.4 Å². The second-order valence-electron chi connectivity index (χ2n) is 4.80. The highest BCUT2D eigenvalue weighted by molar-refractivity contribution is 5.73. The first-order valence-electron chi connectivity index (χ1n) is 5.90. The van der Waals surface area contributed by atoms with E-state index < -0.39 is 0 Å². The van der Waals surface area contributed by atoms with Crippen LogP contribution in [0.5, 0.6) is 0 Å². The van der Waals surface area contributed by atoms with Crippen molar-refractivity contribution in [1.29, 1.82) is 0 Å². The van der Waals surface area contributed by atoms with Gasteiger partial charge in [0, 0.05) is 26.7 Å². The van der Waals surface area contributed by atoms with Crippen LogP contribution in [-0.2, 0) is 0 Å². The number of hydrogen-bond acceptors (Lipinski definition) is 2. The molecule has 1 heterocycles. The van der Waals surface area contributed by atoms with Crippen LogP contribution in [-0.4, -0.2) is 26.7 Å². The molecule has 0 radical (unpaired) electrons. The summed E-state index contributed by atoms with van der Waals surface area (Å²) < 4.78 is 0. The lowest BCUT2D eigenvalue weighted by molar-refractivity contribution is 0.690. The molecule has 80 valence electrons. The maximum absolute atomic E-state index is 2.56. The van der Waals surface area contributed by atoms with Gasteiger partial charge in [-0.25, -0.2) is 0 Å². The van der Waals surface area contributed by atoms with Crippen LogP contribution in [0, 0.1) is 5.92 Å². The second-order valence-corrected chi connectivity index (χ2v) is 4.80. The third-order valence-electron chi connectivity index (χ3n) is 3.51. The lowest BCUT2D eigenvalue weighted by atomic mass is 10.1. The number of fused-ring (bicyclic) bond motifs is 1. The van der Waals surface area contributed by atoms with Crippen LogP contribution in [0.4, 0.5) is 11.4 Å². The fourth-order valence-corrected chi connectivity index (χ4v) is 2.37. The minimum absolute atomic E-state index is 0.974. The number of para-hydroxylation sites is 2. The Morgan fingerprint density at radius 3 is 2.60 bits per heavy atom. The number of likely N-dealkylation sites (N-methyl/N-ethyl adjacent to an activating group) is 1. The standard InChI is InChI=1S/C13H18N2/c1-14-8-9-15(10-11-6-7-11)13-5-3-2-4-12(13)14/h2-5,11H,6-10H2,1H3. The van der Waals surface area contributed by atoms with Gasteiger partial charge < -0.3 is 9.80 Å². The van der Waals surface area contributed by atoms with Crippen LogP contribution >= 0.6 is 0 Å². The van der Waals surface area contributed by atoms with Gasteiger partial charge in [-0.2, -0.15) is 0 Å². The molecule has 1 saturated carbocycles. The summed E-state index contributed by atoms with van der Waals surface area (Å²) in [6.45, 7) is 3.61. The van der Waals surface area contributed by atoms with Gasteiger partial charge in [-0.05, 0) is 30.9 Å². The van der Waals surface area contributed by atoms with Gasteiger partial charge in [0.2, 0.25) is 0 Å². The molecule has 0 saturated heterocycles. The van der Waals surface area contributed by atoms with Gasteiger partial charge in [-0.15, -0.1) is 0 Å². The Bertz CT molecular complexity index is 357. The number of anilines is 2. The molecular weight excluding hydrogens is 184 g/mol. The van der Waals surface area contributed by atoms with Crippen LogP contribution in [0.2, 0.25) is 0 Å². The van der Waals surface area contributed by atoms with Crippen molar-refractivity contribution in [1.82, 2.24) is 0 Å². The summed E-state index contributed by atoms with van der Waals surface area (Å²) in [5.74, 6) is 0.974. The summed E-state index contributed by atoms with van der Waals surface area (Å²) in [5, 5.41) is 0.